The van der Waals surface area contributed by atoms with E-state index in [0.717, 1.165) is 35.5 Å². The number of para-hydroxylation sites is 1. The lowest BCUT2D eigenvalue weighted by atomic mass is 9.70. The molecule has 1 aromatic carbocycles. The number of nitrogens with one attached hydrogen (secondary N) is 1. The van der Waals surface area contributed by atoms with Gasteiger partial charge in [-0.25, -0.2) is 0 Å². The normalized spacial score (nSPS) is 18.2. The molecule has 2 atom stereocenters. The van der Waals surface area contributed by atoms with Gasteiger partial charge < -0.3 is 9.84 Å². The molecule has 1 N–H and O–H groups in total. The fourth-order valence-electron chi connectivity index (χ4n) is 2.68. The number of anilines is 1. The van der Waals surface area contributed by atoms with Crippen LogP contribution < -0.4 is 5.32 Å². The van der Waals surface area contributed by atoms with Crippen LogP contribution in [-0.4, -0.2) is 11.1 Å². The van der Waals surface area contributed by atoms with E-state index in [-0.39, 0.29) is 17.7 Å². The van der Waals surface area contributed by atoms with Crippen LogP contribution in [0.25, 0.3) is 0 Å². The highest BCUT2D eigenvalue weighted by Gasteiger charge is 2.40. The van der Waals surface area contributed by atoms with Crippen LogP contribution in [0.15, 0.2) is 34.9 Å². The second kappa shape index (κ2) is 9.91. The van der Waals surface area contributed by atoms with Crippen LogP contribution >= 0.6 is 0 Å². The molecule has 1 aliphatic carbocycles. The van der Waals surface area contributed by atoms with E-state index in [9.17, 15) is 4.79 Å². The third-order valence-electron chi connectivity index (χ3n) is 4.20. The summed E-state index contributed by atoms with van der Waals surface area (Å²) in [5.41, 5.74) is 2.87. The fourth-order valence-corrected chi connectivity index (χ4v) is 2.68. The highest BCUT2D eigenvalue weighted by atomic mass is 16.5. The van der Waals surface area contributed by atoms with Crippen molar-refractivity contribution in [2.75, 3.05) is 5.32 Å². The number of benzene rings is 1. The summed E-state index contributed by atoms with van der Waals surface area (Å²) in [6.45, 7) is 11.9. The molecule has 2 aromatic rings. The molecule has 1 amide bonds. The molecule has 1 fully saturated rings. The van der Waals surface area contributed by atoms with Gasteiger partial charge in [-0.1, -0.05) is 51.1 Å². The zero-order valence-corrected chi connectivity index (χ0v) is 15.7. The van der Waals surface area contributed by atoms with Crippen LogP contribution in [0.3, 0.4) is 0 Å². The summed E-state index contributed by atoms with van der Waals surface area (Å²) in [6, 6.07) is 9.56. The van der Waals surface area contributed by atoms with Gasteiger partial charge in [0.05, 0.1) is 5.69 Å². The van der Waals surface area contributed by atoms with E-state index in [0.29, 0.717) is 0 Å². The third kappa shape index (κ3) is 4.47. The molecule has 132 valence electrons. The average molecular weight is 330 g/mol. The summed E-state index contributed by atoms with van der Waals surface area (Å²) < 4.78 is 5.22. The zero-order chi connectivity index (χ0) is 18.1. The lowest BCUT2D eigenvalue weighted by molar-refractivity contribution is -0.123. The van der Waals surface area contributed by atoms with Gasteiger partial charge in [0.2, 0.25) is 5.91 Å². The van der Waals surface area contributed by atoms with Crippen molar-refractivity contribution in [1.29, 1.82) is 0 Å². The topological polar surface area (TPSA) is 55.1 Å². The van der Waals surface area contributed by atoms with E-state index in [1.54, 1.807) is 0 Å². The molecule has 1 aliphatic rings. The zero-order valence-electron chi connectivity index (χ0n) is 15.7. The van der Waals surface area contributed by atoms with Crippen molar-refractivity contribution < 1.29 is 9.32 Å². The SMILES string of the molecule is CC.CC.Cc1onc([C@H]2CC[C@@H]2C(=O)Nc2ccccc2)c1C. The van der Waals surface area contributed by atoms with Gasteiger partial charge in [-0.05, 0) is 38.8 Å². The van der Waals surface area contributed by atoms with Crippen molar-refractivity contribution in [2.45, 2.75) is 60.3 Å². The molecule has 1 heterocycles. The van der Waals surface area contributed by atoms with Crippen molar-refractivity contribution in [3.8, 4) is 0 Å². The van der Waals surface area contributed by atoms with Crippen LogP contribution in [0.2, 0.25) is 0 Å². The van der Waals surface area contributed by atoms with Crippen molar-refractivity contribution in [2.24, 2.45) is 5.92 Å². The maximum Gasteiger partial charge on any atom is 0.228 e. The Hall–Kier alpha value is -2.10. The van der Waals surface area contributed by atoms with E-state index < -0.39 is 0 Å². The molecule has 0 unspecified atom stereocenters. The number of rotatable bonds is 3. The first-order valence-electron chi connectivity index (χ1n) is 8.95. The largest absolute Gasteiger partial charge is 0.361 e. The lowest BCUT2D eigenvalue weighted by Crippen LogP contribution is -2.35. The van der Waals surface area contributed by atoms with Crippen molar-refractivity contribution >= 4 is 11.6 Å². The Kier molecular flexibility index (Phi) is 8.24. The van der Waals surface area contributed by atoms with Gasteiger partial charge >= 0.3 is 0 Å². The van der Waals surface area contributed by atoms with Crippen LogP contribution in [0, 0.1) is 19.8 Å². The Morgan fingerprint density at radius 1 is 1.08 bits per heavy atom. The number of nitrogens with zero attached hydrogens (tertiary/aromatic N) is 1. The van der Waals surface area contributed by atoms with Gasteiger partial charge in [-0.2, -0.15) is 0 Å². The third-order valence-corrected chi connectivity index (χ3v) is 4.20. The molecule has 0 saturated heterocycles. The predicted octanol–water partition coefficient (Wildman–Crippen LogP) is 5.48. The van der Waals surface area contributed by atoms with E-state index in [1.807, 2.05) is 71.9 Å². The monoisotopic (exact) mass is 330 g/mol. The van der Waals surface area contributed by atoms with Gasteiger partial charge in [-0.3, -0.25) is 4.79 Å². The number of carbonyl (C=O) groups excluding carboxylic acids is 1. The van der Waals surface area contributed by atoms with E-state index in [4.69, 9.17) is 4.52 Å². The van der Waals surface area contributed by atoms with Crippen molar-refractivity contribution in [3.05, 3.63) is 47.3 Å². The van der Waals surface area contributed by atoms with Crippen LogP contribution in [0.4, 0.5) is 5.69 Å². The summed E-state index contributed by atoms with van der Waals surface area (Å²) in [5, 5.41) is 7.09. The molecule has 0 radical (unpaired) electrons. The molecule has 1 aromatic heterocycles. The Bertz CT molecular complexity index is 620. The van der Waals surface area contributed by atoms with Crippen LogP contribution in [-0.2, 0) is 4.79 Å². The second-order valence-corrected chi connectivity index (χ2v) is 5.39. The summed E-state index contributed by atoms with van der Waals surface area (Å²) in [4.78, 5) is 12.3. The van der Waals surface area contributed by atoms with Gasteiger partial charge in [0.25, 0.3) is 0 Å². The van der Waals surface area contributed by atoms with Gasteiger partial charge in [0.15, 0.2) is 0 Å². The number of amides is 1. The number of carbonyl (C=O) groups is 1. The molecule has 24 heavy (non-hydrogen) atoms. The van der Waals surface area contributed by atoms with Gasteiger partial charge in [0.1, 0.15) is 5.76 Å². The predicted molar refractivity (Wildman–Crippen MR) is 99.2 cm³/mol. The number of aryl methyl sites for hydroxylation is 1. The summed E-state index contributed by atoms with van der Waals surface area (Å²) in [7, 11) is 0. The molecule has 4 nitrogen and oxygen atoms in total. The van der Waals surface area contributed by atoms with E-state index in [2.05, 4.69) is 10.5 Å². The molecule has 0 bridgehead atoms. The molecule has 3 rings (SSSR count). The quantitative estimate of drug-likeness (QED) is 0.811. The van der Waals surface area contributed by atoms with Gasteiger partial charge in [-0.15, -0.1) is 0 Å². The number of hydrogen-bond donors (Lipinski definition) is 1. The Labute approximate surface area is 145 Å². The lowest BCUT2D eigenvalue weighted by Gasteiger charge is -2.34. The Balaban J connectivity index is 0.000000671. The first kappa shape index (κ1) is 19.9. The summed E-state index contributed by atoms with van der Waals surface area (Å²) in [5.74, 6) is 1.11. The molecule has 1 saturated carbocycles. The minimum Gasteiger partial charge on any atom is -0.361 e. The number of hydrogen-bond acceptors (Lipinski definition) is 3. The van der Waals surface area contributed by atoms with E-state index >= 15 is 0 Å². The first-order chi connectivity index (χ1) is 11.7. The minimum absolute atomic E-state index is 0.00148. The maximum atomic E-state index is 12.3. The highest BCUT2D eigenvalue weighted by Crippen LogP contribution is 2.44. The Morgan fingerprint density at radius 3 is 2.17 bits per heavy atom. The highest BCUT2D eigenvalue weighted by molar-refractivity contribution is 5.93. The molecule has 0 spiro atoms. The summed E-state index contributed by atoms with van der Waals surface area (Å²) >= 11 is 0. The molecular weight excluding hydrogens is 300 g/mol. The smallest absolute Gasteiger partial charge is 0.228 e. The second-order valence-electron chi connectivity index (χ2n) is 5.39. The van der Waals surface area contributed by atoms with Crippen molar-refractivity contribution in [1.82, 2.24) is 5.16 Å². The van der Waals surface area contributed by atoms with Crippen LogP contribution in [0.1, 0.15) is 63.5 Å². The van der Waals surface area contributed by atoms with Crippen LogP contribution in [0.5, 0.6) is 0 Å². The minimum atomic E-state index is -0.00148. The molecular formula is C20H30N2O2. The first-order valence-corrected chi connectivity index (χ1v) is 8.95. The summed E-state index contributed by atoms with van der Waals surface area (Å²) in [6.07, 6.45) is 1.91. The average Bonchev–Trinajstić information content (AvgIpc) is 2.91. The van der Waals surface area contributed by atoms with E-state index in [1.165, 1.54) is 0 Å². The fraction of sp³-hybridized carbons (Fsp3) is 0.500. The van der Waals surface area contributed by atoms with Crippen molar-refractivity contribution in [3.63, 3.8) is 0 Å². The standard InChI is InChI=1S/C16H18N2O2.2C2H6/c1-10-11(2)20-18-15(10)13-8-9-14(13)16(19)17-12-6-4-3-5-7-12;2*1-2/h3-7,13-14H,8-9H2,1-2H3,(H,17,19);2*1-2H3/t13-,14-;;/m0../s1. The van der Waals surface area contributed by atoms with Gasteiger partial charge in [0, 0.05) is 23.1 Å². The molecule has 4 heteroatoms. The molecule has 0 aliphatic heterocycles. The Morgan fingerprint density at radius 2 is 1.71 bits per heavy atom. The number of aromatic nitrogens is 1. The maximum absolute atomic E-state index is 12.3.